The Labute approximate surface area is 95.2 Å². The van der Waals surface area contributed by atoms with Gasteiger partial charge in [-0.05, 0) is 12.8 Å². The van der Waals surface area contributed by atoms with E-state index >= 15 is 0 Å². The molecule has 0 spiro atoms. The summed E-state index contributed by atoms with van der Waals surface area (Å²) >= 11 is 0. The number of hydrogen-bond acceptors (Lipinski definition) is 4. The molecule has 92 valence electrons. The Bertz CT molecular complexity index is 248. The lowest BCUT2D eigenvalue weighted by Crippen LogP contribution is -2.45. The zero-order valence-electron chi connectivity index (χ0n) is 9.57. The number of methoxy groups -OCH3 is 1. The van der Waals surface area contributed by atoms with Crippen molar-refractivity contribution in [3.8, 4) is 0 Å². The molecule has 1 saturated carbocycles. The van der Waals surface area contributed by atoms with E-state index in [0.717, 1.165) is 25.7 Å². The first-order chi connectivity index (χ1) is 7.63. The SMILES string of the molecule is COC(=O)CC(NC1CCCCC1)C(=O)O. The average Bonchev–Trinajstić information content (AvgIpc) is 2.29. The standard InChI is InChI=1S/C11H19NO4/c1-16-10(13)7-9(11(14)15)12-8-5-3-2-4-6-8/h8-9,12H,2-7H2,1H3,(H,14,15). The zero-order valence-corrected chi connectivity index (χ0v) is 9.57. The van der Waals surface area contributed by atoms with Gasteiger partial charge < -0.3 is 15.2 Å². The molecule has 1 unspecified atom stereocenters. The smallest absolute Gasteiger partial charge is 0.321 e. The largest absolute Gasteiger partial charge is 0.480 e. The molecule has 1 aliphatic rings. The summed E-state index contributed by atoms with van der Waals surface area (Å²) in [5.41, 5.74) is 0. The van der Waals surface area contributed by atoms with E-state index in [-0.39, 0.29) is 12.5 Å². The second-order valence-electron chi connectivity index (χ2n) is 4.17. The van der Waals surface area contributed by atoms with Crippen molar-refractivity contribution in [1.29, 1.82) is 0 Å². The van der Waals surface area contributed by atoms with Crippen molar-refractivity contribution in [2.45, 2.75) is 50.6 Å². The van der Waals surface area contributed by atoms with Crippen LogP contribution in [0, 0.1) is 0 Å². The summed E-state index contributed by atoms with van der Waals surface area (Å²) in [6, 6.07) is -0.602. The van der Waals surface area contributed by atoms with E-state index in [1.54, 1.807) is 0 Å². The van der Waals surface area contributed by atoms with Crippen LogP contribution in [0.5, 0.6) is 0 Å². The van der Waals surface area contributed by atoms with Gasteiger partial charge in [-0.1, -0.05) is 19.3 Å². The third-order valence-electron chi connectivity index (χ3n) is 2.94. The van der Waals surface area contributed by atoms with Crippen molar-refractivity contribution in [3.05, 3.63) is 0 Å². The average molecular weight is 229 g/mol. The summed E-state index contributed by atoms with van der Waals surface area (Å²) in [7, 11) is 1.27. The van der Waals surface area contributed by atoms with Crippen LogP contribution in [0.25, 0.3) is 0 Å². The number of carboxylic acid groups (broad SMARTS) is 1. The Balaban J connectivity index is 2.43. The highest BCUT2D eigenvalue weighted by Crippen LogP contribution is 2.18. The van der Waals surface area contributed by atoms with Crippen LogP contribution in [-0.2, 0) is 14.3 Å². The van der Waals surface area contributed by atoms with E-state index in [1.165, 1.54) is 13.5 Å². The van der Waals surface area contributed by atoms with Gasteiger partial charge in [0.25, 0.3) is 0 Å². The quantitative estimate of drug-likeness (QED) is 0.686. The van der Waals surface area contributed by atoms with E-state index in [2.05, 4.69) is 10.1 Å². The van der Waals surface area contributed by atoms with Gasteiger partial charge in [0.2, 0.25) is 0 Å². The van der Waals surface area contributed by atoms with Gasteiger partial charge in [-0.3, -0.25) is 9.59 Å². The van der Waals surface area contributed by atoms with E-state index in [1.807, 2.05) is 0 Å². The molecule has 1 aliphatic carbocycles. The number of ether oxygens (including phenoxy) is 1. The van der Waals surface area contributed by atoms with Crippen molar-refractivity contribution in [2.75, 3.05) is 7.11 Å². The third kappa shape index (κ3) is 4.18. The molecule has 16 heavy (non-hydrogen) atoms. The molecule has 5 heteroatoms. The molecule has 0 aliphatic heterocycles. The molecular formula is C11H19NO4. The molecule has 0 aromatic heterocycles. The minimum Gasteiger partial charge on any atom is -0.480 e. The summed E-state index contributed by atoms with van der Waals surface area (Å²) in [4.78, 5) is 22.0. The van der Waals surface area contributed by atoms with E-state index < -0.39 is 18.0 Å². The normalized spacial score (nSPS) is 19.1. The van der Waals surface area contributed by atoms with Crippen LogP contribution in [0.1, 0.15) is 38.5 Å². The van der Waals surface area contributed by atoms with Crippen LogP contribution in [0.3, 0.4) is 0 Å². The van der Waals surface area contributed by atoms with Crippen LogP contribution < -0.4 is 5.32 Å². The highest BCUT2D eigenvalue weighted by atomic mass is 16.5. The molecule has 0 saturated heterocycles. The minimum atomic E-state index is -0.990. The van der Waals surface area contributed by atoms with Crippen LogP contribution >= 0.6 is 0 Å². The molecule has 1 fully saturated rings. The van der Waals surface area contributed by atoms with Crippen molar-refractivity contribution < 1.29 is 19.4 Å². The van der Waals surface area contributed by atoms with Crippen LogP contribution in [0.15, 0.2) is 0 Å². The predicted octanol–water partition coefficient (Wildman–Crippen LogP) is 0.925. The lowest BCUT2D eigenvalue weighted by molar-refractivity contribution is -0.148. The number of rotatable bonds is 5. The minimum absolute atomic E-state index is 0.109. The Hall–Kier alpha value is -1.10. The van der Waals surface area contributed by atoms with Crippen LogP contribution in [-0.4, -0.2) is 36.2 Å². The fraction of sp³-hybridized carbons (Fsp3) is 0.818. The summed E-state index contributed by atoms with van der Waals surface area (Å²) in [6.07, 6.45) is 5.34. The Morgan fingerprint density at radius 2 is 2.00 bits per heavy atom. The second kappa shape index (κ2) is 6.48. The molecule has 0 bridgehead atoms. The number of carbonyl (C=O) groups excluding carboxylic acids is 1. The first-order valence-electron chi connectivity index (χ1n) is 5.69. The maximum atomic E-state index is 11.0. The molecule has 5 nitrogen and oxygen atoms in total. The topological polar surface area (TPSA) is 75.6 Å². The van der Waals surface area contributed by atoms with Gasteiger partial charge in [0.05, 0.1) is 13.5 Å². The molecule has 1 rings (SSSR count). The Kier molecular flexibility index (Phi) is 5.25. The van der Waals surface area contributed by atoms with Gasteiger partial charge in [-0.15, -0.1) is 0 Å². The van der Waals surface area contributed by atoms with E-state index in [9.17, 15) is 9.59 Å². The molecule has 2 N–H and O–H groups in total. The van der Waals surface area contributed by atoms with Gasteiger partial charge in [0.1, 0.15) is 6.04 Å². The monoisotopic (exact) mass is 229 g/mol. The van der Waals surface area contributed by atoms with E-state index in [0.29, 0.717) is 0 Å². The summed E-state index contributed by atoms with van der Waals surface area (Å²) in [6.45, 7) is 0. The van der Waals surface area contributed by atoms with Crippen molar-refractivity contribution in [3.63, 3.8) is 0 Å². The summed E-state index contributed by atoms with van der Waals surface area (Å²) < 4.78 is 4.48. The van der Waals surface area contributed by atoms with Gasteiger partial charge in [-0.25, -0.2) is 0 Å². The third-order valence-corrected chi connectivity index (χ3v) is 2.94. The zero-order chi connectivity index (χ0) is 12.0. The van der Waals surface area contributed by atoms with Crippen molar-refractivity contribution >= 4 is 11.9 Å². The Morgan fingerprint density at radius 3 is 2.50 bits per heavy atom. The maximum Gasteiger partial charge on any atom is 0.321 e. The Morgan fingerprint density at radius 1 is 1.38 bits per heavy atom. The molecule has 0 amide bonds. The lowest BCUT2D eigenvalue weighted by atomic mass is 9.94. The van der Waals surface area contributed by atoms with Gasteiger partial charge >= 0.3 is 11.9 Å². The number of aliphatic carboxylic acids is 1. The molecule has 0 heterocycles. The highest BCUT2D eigenvalue weighted by Gasteiger charge is 2.25. The van der Waals surface area contributed by atoms with Gasteiger partial charge in [-0.2, -0.15) is 0 Å². The highest BCUT2D eigenvalue weighted by molar-refractivity contribution is 5.81. The summed E-state index contributed by atoms with van der Waals surface area (Å²) in [5.74, 6) is -1.48. The number of esters is 1. The number of hydrogen-bond donors (Lipinski definition) is 2. The van der Waals surface area contributed by atoms with Crippen LogP contribution in [0.4, 0.5) is 0 Å². The van der Waals surface area contributed by atoms with E-state index in [4.69, 9.17) is 5.11 Å². The molecule has 1 atom stereocenters. The maximum absolute atomic E-state index is 11.0. The fourth-order valence-corrected chi connectivity index (χ4v) is 2.02. The molecule has 0 aromatic carbocycles. The van der Waals surface area contributed by atoms with Gasteiger partial charge in [0.15, 0.2) is 0 Å². The first kappa shape index (κ1) is 13.0. The number of nitrogens with one attached hydrogen (secondary N) is 1. The lowest BCUT2D eigenvalue weighted by Gasteiger charge is -2.26. The number of carbonyl (C=O) groups is 2. The summed E-state index contributed by atoms with van der Waals surface area (Å²) in [5, 5.41) is 12.0. The molecular weight excluding hydrogens is 210 g/mol. The van der Waals surface area contributed by atoms with Crippen molar-refractivity contribution in [1.82, 2.24) is 5.32 Å². The fourth-order valence-electron chi connectivity index (χ4n) is 2.02. The predicted molar refractivity (Wildman–Crippen MR) is 58.1 cm³/mol. The molecule has 0 aromatic rings. The van der Waals surface area contributed by atoms with Crippen molar-refractivity contribution in [2.24, 2.45) is 0 Å². The van der Waals surface area contributed by atoms with Gasteiger partial charge in [0, 0.05) is 6.04 Å². The first-order valence-corrected chi connectivity index (χ1v) is 5.69. The molecule has 0 radical (unpaired) electrons. The number of carboxylic acids is 1. The van der Waals surface area contributed by atoms with Crippen LogP contribution in [0.2, 0.25) is 0 Å². The second-order valence-corrected chi connectivity index (χ2v) is 4.17.